The van der Waals surface area contributed by atoms with Gasteiger partial charge in [-0.2, -0.15) is 0 Å². The first-order chi connectivity index (χ1) is 10.3. The van der Waals surface area contributed by atoms with Crippen molar-refractivity contribution in [3.8, 4) is 0 Å². The van der Waals surface area contributed by atoms with E-state index in [2.05, 4.69) is 51.0 Å². The summed E-state index contributed by atoms with van der Waals surface area (Å²) in [6.07, 6.45) is 6.78. The van der Waals surface area contributed by atoms with Crippen LogP contribution in [0.5, 0.6) is 0 Å². The molecule has 4 nitrogen and oxygen atoms in total. The minimum atomic E-state index is 0.953. The second-order valence-corrected chi connectivity index (χ2v) is 5.48. The lowest BCUT2D eigenvalue weighted by molar-refractivity contribution is 0.247. The molecule has 1 saturated heterocycles. The number of hydrogen-bond acceptors (Lipinski definition) is 4. The Morgan fingerprint density at radius 3 is 2.38 bits per heavy atom. The number of anilines is 1. The number of piperazine rings is 1. The molecule has 0 radical (unpaired) electrons. The molecule has 0 aliphatic carbocycles. The molecule has 0 bridgehead atoms. The minimum absolute atomic E-state index is 0.953. The summed E-state index contributed by atoms with van der Waals surface area (Å²) < 4.78 is 0. The molecule has 0 atom stereocenters. The van der Waals surface area contributed by atoms with Crippen molar-refractivity contribution < 1.29 is 0 Å². The van der Waals surface area contributed by atoms with E-state index in [0.717, 1.165) is 39.1 Å². The van der Waals surface area contributed by atoms with Crippen LogP contribution in [-0.4, -0.2) is 41.0 Å². The predicted octanol–water partition coefficient (Wildman–Crippen LogP) is 2.36. The monoisotopic (exact) mass is 282 g/mol. The standard InChI is InChI=1S/C17H22N4/c1-2-15-3-4-16(19-13-15)14-20-9-11-21(12-10-20)17-5-7-18-8-6-17/h3-8,13H,2,9-12,14H2,1H3. The first-order valence-electron chi connectivity index (χ1n) is 7.66. The third kappa shape index (κ3) is 3.58. The molecule has 110 valence electrons. The van der Waals surface area contributed by atoms with Gasteiger partial charge in [0.2, 0.25) is 0 Å². The first kappa shape index (κ1) is 14.0. The molecule has 2 aromatic rings. The highest BCUT2D eigenvalue weighted by molar-refractivity contribution is 5.44. The Morgan fingerprint density at radius 1 is 1.00 bits per heavy atom. The summed E-state index contributed by atoms with van der Waals surface area (Å²) >= 11 is 0. The molecule has 0 unspecified atom stereocenters. The SMILES string of the molecule is CCc1ccc(CN2CCN(c3ccncc3)CC2)nc1. The fourth-order valence-corrected chi connectivity index (χ4v) is 2.71. The van der Waals surface area contributed by atoms with Crippen LogP contribution in [0.3, 0.4) is 0 Å². The van der Waals surface area contributed by atoms with Crippen LogP contribution in [0.15, 0.2) is 42.9 Å². The van der Waals surface area contributed by atoms with Gasteiger partial charge in [-0.3, -0.25) is 14.9 Å². The van der Waals surface area contributed by atoms with E-state index in [4.69, 9.17) is 0 Å². The molecule has 1 fully saturated rings. The molecule has 3 heterocycles. The van der Waals surface area contributed by atoms with Gasteiger partial charge in [-0.25, -0.2) is 0 Å². The number of hydrogen-bond donors (Lipinski definition) is 0. The number of rotatable bonds is 4. The average molecular weight is 282 g/mol. The topological polar surface area (TPSA) is 32.3 Å². The minimum Gasteiger partial charge on any atom is -0.369 e. The number of aryl methyl sites for hydroxylation is 1. The molecule has 1 aliphatic rings. The van der Waals surface area contributed by atoms with Crippen molar-refractivity contribution in [2.75, 3.05) is 31.1 Å². The van der Waals surface area contributed by atoms with Crippen LogP contribution in [0.25, 0.3) is 0 Å². The van der Waals surface area contributed by atoms with Gasteiger partial charge in [0.25, 0.3) is 0 Å². The van der Waals surface area contributed by atoms with Crippen LogP contribution in [-0.2, 0) is 13.0 Å². The molecule has 0 amide bonds. The number of nitrogens with zero attached hydrogens (tertiary/aromatic N) is 4. The van der Waals surface area contributed by atoms with Crippen LogP contribution < -0.4 is 4.90 Å². The normalized spacial score (nSPS) is 16.1. The molecule has 0 N–H and O–H groups in total. The van der Waals surface area contributed by atoms with Gasteiger partial charge in [0.05, 0.1) is 5.69 Å². The van der Waals surface area contributed by atoms with Gasteiger partial charge >= 0.3 is 0 Å². The molecule has 21 heavy (non-hydrogen) atoms. The Kier molecular flexibility index (Phi) is 4.46. The van der Waals surface area contributed by atoms with Crippen molar-refractivity contribution >= 4 is 5.69 Å². The highest BCUT2D eigenvalue weighted by atomic mass is 15.3. The fourth-order valence-electron chi connectivity index (χ4n) is 2.71. The summed E-state index contributed by atoms with van der Waals surface area (Å²) in [6.45, 7) is 7.41. The zero-order valence-electron chi connectivity index (χ0n) is 12.6. The molecule has 0 aromatic carbocycles. The van der Waals surface area contributed by atoms with Crippen molar-refractivity contribution in [2.24, 2.45) is 0 Å². The molecule has 4 heteroatoms. The smallest absolute Gasteiger partial charge is 0.0544 e. The third-order valence-electron chi connectivity index (χ3n) is 4.08. The van der Waals surface area contributed by atoms with Gasteiger partial charge in [0, 0.05) is 57.0 Å². The van der Waals surface area contributed by atoms with E-state index in [1.807, 2.05) is 18.6 Å². The molecule has 1 aliphatic heterocycles. The molecule has 0 spiro atoms. The van der Waals surface area contributed by atoms with Gasteiger partial charge < -0.3 is 4.90 Å². The highest BCUT2D eigenvalue weighted by Crippen LogP contribution is 2.15. The summed E-state index contributed by atoms with van der Waals surface area (Å²) in [5, 5.41) is 0. The van der Waals surface area contributed by atoms with Crippen molar-refractivity contribution in [1.82, 2.24) is 14.9 Å². The Bertz CT molecular complexity index is 545. The number of pyridine rings is 2. The maximum absolute atomic E-state index is 4.56. The maximum Gasteiger partial charge on any atom is 0.0544 e. The van der Waals surface area contributed by atoms with Crippen LogP contribution in [0, 0.1) is 0 Å². The number of aromatic nitrogens is 2. The van der Waals surface area contributed by atoms with E-state index in [9.17, 15) is 0 Å². The molecular weight excluding hydrogens is 260 g/mol. The average Bonchev–Trinajstić information content (AvgIpc) is 2.57. The van der Waals surface area contributed by atoms with Crippen LogP contribution in [0.1, 0.15) is 18.2 Å². The van der Waals surface area contributed by atoms with Gasteiger partial charge in [-0.15, -0.1) is 0 Å². The van der Waals surface area contributed by atoms with E-state index < -0.39 is 0 Å². The van der Waals surface area contributed by atoms with E-state index >= 15 is 0 Å². The molecule has 2 aromatic heterocycles. The summed E-state index contributed by atoms with van der Waals surface area (Å²) in [4.78, 5) is 13.5. The quantitative estimate of drug-likeness (QED) is 0.862. The van der Waals surface area contributed by atoms with E-state index in [-0.39, 0.29) is 0 Å². The lowest BCUT2D eigenvalue weighted by atomic mass is 10.2. The second-order valence-electron chi connectivity index (χ2n) is 5.48. The largest absolute Gasteiger partial charge is 0.369 e. The fraction of sp³-hybridized carbons (Fsp3) is 0.412. The van der Waals surface area contributed by atoms with E-state index in [1.165, 1.54) is 16.9 Å². The van der Waals surface area contributed by atoms with Crippen molar-refractivity contribution in [1.29, 1.82) is 0 Å². The Balaban J connectivity index is 1.53. The van der Waals surface area contributed by atoms with Crippen LogP contribution >= 0.6 is 0 Å². The molecule has 3 rings (SSSR count). The van der Waals surface area contributed by atoms with Crippen LogP contribution in [0.4, 0.5) is 5.69 Å². The van der Waals surface area contributed by atoms with E-state index in [1.54, 1.807) is 0 Å². The Labute approximate surface area is 126 Å². The van der Waals surface area contributed by atoms with Crippen LogP contribution in [0.2, 0.25) is 0 Å². The summed E-state index contributed by atoms with van der Waals surface area (Å²) in [5.74, 6) is 0. The van der Waals surface area contributed by atoms with Crippen molar-refractivity contribution in [2.45, 2.75) is 19.9 Å². The summed E-state index contributed by atoms with van der Waals surface area (Å²) in [6, 6.07) is 8.52. The lowest BCUT2D eigenvalue weighted by Crippen LogP contribution is -2.46. The lowest BCUT2D eigenvalue weighted by Gasteiger charge is -2.35. The second kappa shape index (κ2) is 6.68. The molecular formula is C17H22N4. The Hall–Kier alpha value is -1.94. The van der Waals surface area contributed by atoms with Gasteiger partial charge in [-0.05, 0) is 30.2 Å². The predicted molar refractivity (Wildman–Crippen MR) is 85.3 cm³/mol. The van der Waals surface area contributed by atoms with E-state index in [0.29, 0.717) is 0 Å². The summed E-state index contributed by atoms with van der Waals surface area (Å²) in [7, 11) is 0. The third-order valence-corrected chi connectivity index (χ3v) is 4.08. The molecule has 0 saturated carbocycles. The van der Waals surface area contributed by atoms with Crippen molar-refractivity contribution in [3.05, 3.63) is 54.1 Å². The van der Waals surface area contributed by atoms with Gasteiger partial charge in [0.1, 0.15) is 0 Å². The van der Waals surface area contributed by atoms with Gasteiger partial charge in [0.15, 0.2) is 0 Å². The first-order valence-corrected chi connectivity index (χ1v) is 7.66. The Morgan fingerprint density at radius 2 is 1.76 bits per heavy atom. The zero-order valence-corrected chi connectivity index (χ0v) is 12.6. The van der Waals surface area contributed by atoms with Crippen molar-refractivity contribution in [3.63, 3.8) is 0 Å². The highest BCUT2D eigenvalue weighted by Gasteiger charge is 2.17. The van der Waals surface area contributed by atoms with Gasteiger partial charge in [-0.1, -0.05) is 13.0 Å². The maximum atomic E-state index is 4.56. The zero-order chi connectivity index (χ0) is 14.5. The summed E-state index contributed by atoms with van der Waals surface area (Å²) in [5.41, 5.74) is 3.75.